The Labute approximate surface area is 379 Å². The summed E-state index contributed by atoms with van der Waals surface area (Å²) in [5, 5.41) is 9.56. The van der Waals surface area contributed by atoms with Crippen LogP contribution in [0.4, 0.5) is 0 Å². The number of allylic oxidation sites excluding steroid dienone is 4. The summed E-state index contributed by atoms with van der Waals surface area (Å²) in [6.45, 7) is 8.04. The second-order valence-corrected chi connectivity index (χ2v) is 19.8. The number of ether oxygens (including phenoxy) is 8. The molecule has 0 spiro atoms. The van der Waals surface area contributed by atoms with E-state index in [0.717, 1.165) is 24.8 Å². The number of carbonyl (C=O) groups excluding carboxylic acids is 3. The molecule has 5 fully saturated rings. The van der Waals surface area contributed by atoms with Crippen molar-refractivity contribution in [3.05, 3.63) is 53.1 Å². The Morgan fingerprint density at radius 1 is 0.797 bits per heavy atom. The van der Waals surface area contributed by atoms with E-state index >= 15 is 9.59 Å². The molecule has 3 heterocycles. The van der Waals surface area contributed by atoms with Crippen LogP contribution in [0.2, 0.25) is 0 Å². The van der Waals surface area contributed by atoms with Crippen LogP contribution >= 0.6 is 0 Å². The number of cyclic esters (lactones) is 1. The molecule has 0 radical (unpaired) electrons. The number of ketones is 2. The van der Waals surface area contributed by atoms with Gasteiger partial charge in [-0.25, -0.2) is 0 Å². The van der Waals surface area contributed by atoms with Gasteiger partial charge < -0.3 is 42.8 Å². The first-order chi connectivity index (χ1) is 30.8. The van der Waals surface area contributed by atoms with Gasteiger partial charge in [0.05, 0.1) is 42.5 Å². The lowest BCUT2D eigenvalue weighted by molar-refractivity contribution is -0.314. The van der Waals surface area contributed by atoms with Gasteiger partial charge in [0, 0.05) is 50.7 Å². The average Bonchev–Trinajstić information content (AvgIpc) is 3.97. The predicted octanol–water partition coefficient (Wildman–Crippen LogP) is 6.70. The zero-order chi connectivity index (χ0) is 45.6. The second kappa shape index (κ2) is 19.9. The van der Waals surface area contributed by atoms with Gasteiger partial charge in [-0.1, -0.05) is 38.1 Å². The van der Waals surface area contributed by atoms with Crippen molar-refractivity contribution in [1.82, 2.24) is 4.90 Å². The molecule has 0 aromatic heterocycles. The Hall–Kier alpha value is -3.32. The second-order valence-electron chi connectivity index (χ2n) is 19.8. The van der Waals surface area contributed by atoms with Crippen LogP contribution in [0.25, 0.3) is 5.57 Å². The molecule has 4 aliphatic carbocycles. The molecular weight excluding hydrogens is 817 g/mol. The molecule has 3 saturated heterocycles. The number of nitrogens with zero attached hydrogens (tertiary/aromatic N) is 2. The molecule has 13 heteroatoms. The molecule has 13 nitrogen and oxygen atoms in total. The highest BCUT2D eigenvalue weighted by Crippen LogP contribution is 2.64. The first kappa shape index (κ1) is 47.2. The van der Waals surface area contributed by atoms with Gasteiger partial charge >= 0.3 is 5.97 Å². The number of rotatable bonds is 10. The Bertz CT molecular complexity index is 1960. The summed E-state index contributed by atoms with van der Waals surface area (Å²) in [4.78, 5) is 46.7. The molecule has 0 bridgehead atoms. The van der Waals surface area contributed by atoms with Crippen LogP contribution in [-0.2, 0) is 52.3 Å². The number of esters is 1. The molecule has 0 amide bonds. The fourth-order valence-corrected chi connectivity index (χ4v) is 13.1. The summed E-state index contributed by atoms with van der Waals surface area (Å²) < 4.78 is 50.5. The standard InChI is InChI=1S/C51H70N2O11/c1-10-31-12-11-13-41(64-43-19-18-40(53(5)6)27(3)60-43)26(2)46(55)39-23-36-34-20-32(63-51-50(59-9)49(58-8)48(57-7)28(4)61-51)21-35(34)37-22-33(30-16-14-29(25-52)15-17-30)47(56)45(37)44(36)38(39)24-42(54)62-31/h14-17,22-23,26-28,31-32,34-38,40-41,43-45,48-51H,10-13,18-21,24H2,1-9H3/t26-,27?,28?,31+,32+,34-,35-,36+,37?,38-,40+,41+,43+,44-,45?,48+,49?,50?,51+/m1/s1. The quantitative estimate of drug-likeness (QED) is 0.230. The number of nitriles is 1. The number of hydrogen-bond acceptors (Lipinski definition) is 13. The molecule has 0 N–H and O–H groups in total. The fraction of sp³-hybridized carbons (Fsp3) is 0.725. The summed E-state index contributed by atoms with van der Waals surface area (Å²) in [7, 11) is 9.04. The summed E-state index contributed by atoms with van der Waals surface area (Å²) >= 11 is 0. The number of methoxy groups -OCH3 is 3. The van der Waals surface area contributed by atoms with E-state index in [4.69, 9.17) is 37.9 Å². The average molecular weight is 887 g/mol. The van der Waals surface area contributed by atoms with E-state index in [0.29, 0.717) is 48.8 Å². The van der Waals surface area contributed by atoms with Gasteiger partial charge in [-0.15, -0.1) is 0 Å². The molecule has 2 saturated carbocycles. The van der Waals surface area contributed by atoms with Crippen molar-refractivity contribution in [2.24, 2.45) is 47.3 Å². The first-order valence-corrected chi connectivity index (χ1v) is 23.9. The van der Waals surface area contributed by atoms with Gasteiger partial charge in [0.1, 0.15) is 24.4 Å². The normalized spacial score (nSPS) is 42.6. The molecule has 7 aliphatic rings. The van der Waals surface area contributed by atoms with Gasteiger partial charge in [0.15, 0.2) is 24.1 Å². The van der Waals surface area contributed by atoms with Crippen LogP contribution in [0.1, 0.15) is 96.6 Å². The van der Waals surface area contributed by atoms with Crippen LogP contribution in [0.3, 0.4) is 0 Å². The van der Waals surface area contributed by atoms with Crippen LogP contribution < -0.4 is 0 Å². The molecule has 1 aromatic rings. The van der Waals surface area contributed by atoms with Gasteiger partial charge in [0.25, 0.3) is 0 Å². The lowest BCUT2D eigenvalue weighted by Crippen LogP contribution is -2.59. The number of carbonyl (C=O) groups is 3. The first-order valence-electron chi connectivity index (χ1n) is 23.9. The summed E-state index contributed by atoms with van der Waals surface area (Å²) in [6.07, 6.45) is 6.35. The molecule has 350 valence electrons. The molecule has 3 aliphatic heterocycles. The van der Waals surface area contributed by atoms with E-state index in [2.05, 4.69) is 44.1 Å². The van der Waals surface area contributed by atoms with E-state index in [1.165, 1.54) is 0 Å². The van der Waals surface area contributed by atoms with Crippen molar-refractivity contribution < 1.29 is 52.3 Å². The minimum Gasteiger partial charge on any atom is -0.462 e. The smallest absolute Gasteiger partial charge is 0.306 e. The van der Waals surface area contributed by atoms with Crippen molar-refractivity contribution in [2.75, 3.05) is 35.4 Å². The molecule has 64 heavy (non-hydrogen) atoms. The number of likely N-dealkylation sites (N-methyl/N-ethyl adjacent to an activating group) is 1. The molecule has 19 atom stereocenters. The van der Waals surface area contributed by atoms with E-state index in [1.54, 1.807) is 33.5 Å². The van der Waals surface area contributed by atoms with Crippen LogP contribution in [0.15, 0.2) is 42.0 Å². The van der Waals surface area contributed by atoms with Gasteiger partial charge in [-0.05, 0) is 132 Å². The van der Waals surface area contributed by atoms with Crippen LogP contribution in [-0.4, -0.2) is 125 Å². The van der Waals surface area contributed by atoms with E-state index in [1.807, 2.05) is 32.9 Å². The topological polar surface area (TPSA) is 152 Å². The SMILES string of the molecule is CC[C@H]1CCC[C@H](O[C@H]2CC[C@H](N(C)C)C(C)O2)[C@@H](C)C(=O)C2=C[C@H]3[C@@H]4C[C@H](O[C@@H]5OC(C)[C@H](OC)C(OC)C5OC)C[C@H]4C4C=C(c5ccc(C#N)cc5)C(=O)C4[C@H]3[C@@H]2CC(=O)O1. The number of fused-ring (bicyclic) bond motifs is 8. The zero-order valence-corrected chi connectivity index (χ0v) is 39.2. The molecule has 1 aromatic carbocycles. The maximum atomic E-state index is 15.3. The van der Waals surface area contributed by atoms with Crippen LogP contribution in [0.5, 0.6) is 0 Å². The predicted molar refractivity (Wildman–Crippen MR) is 236 cm³/mol. The van der Waals surface area contributed by atoms with E-state index in [-0.39, 0.29) is 90.1 Å². The minimum absolute atomic E-state index is 0.0189. The van der Waals surface area contributed by atoms with Crippen molar-refractivity contribution in [1.29, 1.82) is 5.26 Å². The lowest BCUT2D eigenvalue weighted by Gasteiger charge is -2.45. The molecular formula is C51H70N2O11. The highest BCUT2D eigenvalue weighted by molar-refractivity contribution is 6.24. The number of benzene rings is 1. The van der Waals surface area contributed by atoms with Gasteiger partial charge in [-0.2, -0.15) is 5.26 Å². The lowest BCUT2D eigenvalue weighted by atomic mass is 9.57. The highest BCUT2D eigenvalue weighted by atomic mass is 16.7. The van der Waals surface area contributed by atoms with E-state index < -0.39 is 48.6 Å². The summed E-state index contributed by atoms with van der Waals surface area (Å²) in [5.41, 5.74) is 2.53. The third-order valence-electron chi connectivity index (χ3n) is 16.2. The maximum absolute atomic E-state index is 15.3. The Morgan fingerprint density at radius 2 is 1.50 bits per heavy atom. The fourth-order valence-electron chi connectivity index (χ4n) is 13.1. The molecule has 6 unspecified atom stereocenters. The van der Waals surface area contributed by atoms with Crippen LogP contribution in [0, 0.1) is 58.7 Å². The molecule has 8 rings (SSSR count). The van der Waals surface area contributed by atoms with Crippen molar-refractivity contribution in [3.8, 4) is 6.07 Å². The number of hydrogen-bond donors (Lipinski definition) is 0. The summed E-state index contributed by atoms with van der Waals surface area (Å²) in [6, 6.07) is 9.66. The van der Waals surface area contributed by atoms with Gasteiger partial charge in [-0.3, -0.25) is 14.4 Å². The maximum Gasteiger partial charge on any atom is 0.306 e. The monoisotopic (exact) mass is 886 g/mol. The van der Waals surface area contributed by atoms with Crippen molar-refractivity contribution in [3.63, 3.8) is 0 Å². The Kier molecular flexibility index (Phi) is 14.7. The van der Waals surface area contributed by atoms with Gasteiger partial charge in [0.2, 0.25) is 0 Å². The minimum atomic E-state index is -0.717. The number of Topliss-reactive ketones (excluding diaryl/α,β-unsaturated/α-hetero) is 2. The van der Waals surface area contributed by atoms with Crippen molar-refractivity contribution in [2.45, 2.75) is 153 Å². The Morgan fingerprint density at radius 3 is 2.14 bits per heavy atom. The third kappa shape index (κ3) is 8.95. The van der Waals surface area contributed by atoms with E-state index in [9.17, 15) is 10.1 Å². The zero-order valence-electron chi connectivity index (χ0n) is 39.2. The Balaban J connectivity index is 1.14. The summed E-state index contributed by atoms with van der Waals surface area (Å²) in [5.74, 6) is -2.34. The van der Waals surface area contributed by atoms with Crippen molar-refractivity contribution >= 4 is 23.1 Å². The highest BCUT2D eigenvalue weighted by Gasteiger charge is 2.62. The largest absolute Gasteiger partial charge is 0.462 e. The third-order valence-corrected chi connectivity index (χ3v) is 16.2.